The van der Waals surface area contributed by atoms with E-state index in [2.05, 4.69) is 26.0 Å². The van der Waals surface area contributed by atoms with Crippen LogP contribution in [0.2, 0.25) is 0 Å². The van der Waals surface area contributed by atoms with Gasteiger partial charge in [-0.05, 0) is 29.7 Å². The second-order valence-electron chi connectivity index (χ2n) is 9.21. The van der Waals surface area contributed by atoms with Gasteiger partial charge in [-0.15, -0.1) is 11.3 Å². The van der Waals surface area contributed by atoms with Crippen molar-refractivity contribution in [3.05, 3.63) is 77.9 Å². The highest BCUT2D eigenvalue weighted by molar-refractivity contribution is 7.18. The van der Waals surface area contributed by atoms with Gasteiger partial charge in [-0.1, -0.05) is 36.4 Å². The number of amides is 2. The lowest BCUT2D eigenvalue weighted by Gasteiger charge is -2.15. The first-order chi connectivity index (χ1) is 20.4. The predicted molar refractivity (Wildman–Crippen MR) is 163 cm³/mol. The molecule has 0 spiro atoms. The summed E-state index contributed by atoms with van der Waals surface area (Å²) in [4.78, 5) is 32.7. The Morgan fingerprint density at radius 1 is 0.833 bits per heavy atom. The summed E-state index contributed by atoms with van der Waals surface area (Å²) in [6.07, 6.45) is 2.14. The summed E-state index contributed by atoms with van der Waals surface area (Å²) in [5, 5.41) is 16.6. The molecule has 0 radical (unpaired) electrons. The van der Waals surface area contributed by atoms with E-state index in [1.807, 2.05) is 48.5 Å². The lowest BCUT2D eigenvalue weighted by molar-refractivity contribution is -0.136. The lowest BCUT2D eigenvalue weighted by Crippen LogP contribution is -2.19. The van der Waals surface area contributed by atoms with E-state index in [1.165, 1.54) is 21.3 Å². The zero-order valence-corrected chi connectivity index (χ0v) is 24.0. The van der Waals surface area contributed by atoms with E-state index in [0.29, 0.717) is 35.0 Å². The Bertz CT molecular complexity index is 1710. The van der Waals surface area contributed by atoms with Gasteiger partial charge >= 0.3 is 12.0 Å². The first kappa shape index (κ1) is 28.4. The van der Waals surface area contributed by atoms with Crippen LogP contribution < -0.4 is 24.8 Å². The number of fused-ring (bicyclic) bond motifs is 1. The molecule has 2 aromatic heterocycles. The van der Waals surface area contributed by atoms with Gasteiger partial charge in [-0.3, -0.25) is 4.79 Å². The molecule has 0 saturated carbocycles. The maximum atomic E-state index is 12.7. The molecule has 0 fully saturated rings. The van der Waals surface area contributed by atoms with Crippen LogP contribution in [-0.2, 0) is 11.2 Å². The molecule has 42 heavy (non-hydrogen) atoms. The number of aliphatic carboxylic acids is 1. The van der Waals surface area contributed by atoms with Crippen LogP contribution in [0.5, 0.6) is 17.2 Å². The van der Waals surface area contributed by atoms with Crippen molar-refractivity contribution < 1.29 is 28.9 Å². The summed E-state index contributed by atoms with van der Waals surface area (Å²) in [7, 11) is 4.53. The van der Waals surface area contributed by atoms with Crippen LogP contribution in [0.25, 0.3) is 32.6 Å². The first-order valence-corrected chi connectivity index (χ1v) is 13.8. The number of carboxylic acid groups (broad SMARTS) is 1. The Hall–Kier alpha value is -5.16. The minimum Gasteiger partial charge on any atom is -0.493 e. The van der Waals surface area contributed by atoms with Gasteiger partial charge < -0.3 is 30.0 Å². The standard InChI is InChI=1S/C31H28N4O6S/c1-39-24-14-22(15-25(40-2)29(24)41-3)35-31(38)34-21-11-9-20(10-12-21)27-30-28(33-17-32-27)23(16-42-30)19-7-4-18(5-8-19)6-13-26(36)37/h4-5,7-12,14-17H,6,13H2,1-3H3,(H,36,37)(H2,34,35,38). The van der Waals surface area contributed by atoms with Crippen molar-refractivity contribution in [3.63, 3.8) is 0 Å². The molecular formula is C31H28N4O6S. The number of methoxy groups -OCH3 is 3. The fraction of sp³-hybridized carbons (Fsp3) is 0.161. The number of anilines is 2. The average molecular weight is 585 g/mol. The van der Waals surface area contributed by atoms with Crippen LogP contribution in [0.4, 0.5) is 16.2 Å². The Kier molecular flexibility index (Phi) is 8.49. The number of nitrogens with one attached hydrogen (secondary N) is 2. The van der Waals surface area contributed by atoms with Crippen LogP contribution in [0.3, 0.4) is 0 Å². The molecule has 3 N–H and O–H groups in total. The molecule has 10 nitrogen and oxygen atoms in total. The molecule has 2 amide bonds. The molecular weight excluding hydrogens is 556 g/mol. The highest BCUT2D eigenvalue weighted by Crippen LogP contribution is 2.40. The van der Waals surface area contributed by atoms with Crippen molar-refractivity contribution in [2.24, 2.45) is 0 Å². The molecule has 214 valence electrons. The van der Waals surface area contributed by atoms with Crippen molar-refractivity contribution in [3.8, 4) is 39.6 Å². The Labute approximate surface area is 245 Å². The van der Waals surface area contributed by atoms with E-state index >= 15 is 0 Å². The van der Waals surface area contributed by atoms with Crippen LogP contribution in [-0.4, -0.2) is 48.4 Å². The number of hydrogen-bond acceptors (Lipinski definition) is 8. The largest absolute Gasteiger partial charge is 0.493 e. The normalized spacial score (nSPS) is 10.7. The molecule has 3 aromatic carbocycles. The van der Waals surface area contributed by atoms with Gasteiger partial charge in [0, 0.05) is 40.7 Å². The van der Waals surface area contributed by atoms with Crippen LogP contribution >= 0.6 is 11.3 Å². The van der Waals surface area contributed by atoms with Crippen molar-refractivity contribution in [2.45, 2.75) is 12.8 Å². The summed E-state index contributed by atoms with van der Waals surface area (Å²) in [6.45, 7) is 0. The quantitative estimate of drug-likeness (QED) is 0.165. The second kappa shape index (κ2) is 12.6. The third kappa shape index (κ3) is 6.11. The zero-order valence-electron chi connectivity index (χ0n) is 23.1. The Morgan fingerprint density at radius 3 is 2.10 bits per heavy atom. The van der Waals surface area contributed by atoms with Crippen molar-refractivity contribution in [1.82, 2.24) is 9.97 Å². The number of urea groups is 1. The van der Waals surface area contributed by atoms with E-state index in [1.54, 1.807) is 29.8 Å². The topological polar surface area (TPSA) is 132 Å². The summed E-state index contributed by atoms with van der Waals surface area (Å²) in [5.74, 6) is 0.480. The van der Waals surface area contributed by atoms with Gasteiger partial charge in [0.2, 0.25) is 5.75 Å². The maximum Gasteiger partial charge on any atom is 0.323 e. The highest BCUT2D eigenvalue weighted by atomic mass is 32.1. The van der Waals surface area contributed by atoms with E-state index in [0.717, 1.165) is 38.2 Å². The number of rotatable bonds is 10. The summed E-state index contributed by atoms with van der Waals surface area (Å²) in [6, 6.07) is 18.2. The summed E-state index contributed by atoms with van der Waals surface area (Å²) in [5.41, 5.74) is 6.57. The molecule has 5 rings (SSSR count). The number of carboxylic acids is 1. The fourth-order valence-corrected chi connectivity index (χ4v) is 5.56. The molecule has 0 aliphatic rings. The van der Waals surface area contributed by atoms with Crippen LogP contribution in [0.15, 0.2) is 72.4 Å². The number of aromatic nitrogens is 2. The third-order valence-electron chi connectivity index (χ3n) is 6.58. The molecule has 0 atom stereocenters. The van der Waals surface area contributed by atoms with Crippen LogP contribution in [0.1, 0.15) is 12.0 Å². The molecule has 11 heteroatoms. The van der Waals surface area contributed by atoms with Gasteiger partial charge in [0.1, 0.15) is 6.33 Å². The van der Waals surface area contributed by atoms with Gasteiger partial charge in [-0.2, -0.15) is 0 Å². The number of carbonyl (C=O) groups excluding carboxylic acids is 1. The number of hydrogen-bond donors (Lipinski definition) is 3. The van der Waals surface area contributed by atoms with E-state index < -0.39 is 12.0 Å². The second-order valence-corrected chi connectivity index (χ2v) is 10.1. The molecule has 5 aromatic rings. The Balaban J connectivity index is 1.31. The number of carbonyl (C=O) groups is 2. The van der Waals surface area contributed by atoms with Crippen LogP contribution in [0, 0.1) is 0 Å². The van der Waals surface area contributed by atoms with Crippen molar-refractivity contribution >= 4 is 44.9 Å². The molecule has 0 bridgehead atoms. The first-order valence-electron chi connectivity index (χ1n) is 12.9. The summed E-state index contributed by atoms with van der Waals surface area (Å²) < 4.78 is 17.0. The van der Waals surface area contributed by atoms with Gasteiger partial charge in [0.05, 0.1) is 42.9 Å². The number of nitrogens with zero attached hydrogens (tertiary/aromatic N) is 2. The minimum absolute atomic E-state index is 0.101. The molecule has 0 saturated heterocycles. The number of benzene rings is 3. The summed E-state index contributed by atoms with van der Waals surface area (Å²) >= 11 is 1.56. The Morgan fingerprint density at radius 2 is 1.48 bits per heavy atom. The fourth-order valence-electron chi connectivity index (χ4n) is 4.52. The molecule has 0 unspecified atom stereocenters. The highest BCUT2D eigenvalue weighted by Gasteiger charge is 2.16. The predicted octanol–water partition coefficient (Wildman–Crippen LogP) is 6.71. The van der Waals surface area contributed by atoms with E-state index in [-0.39, 0.29) is 6.42 Å². The zero-order chi connectivity index (χ0) is 29.6. The van der Waals surface area contributed by atoms with Gasteiger partial charge in [-0.25, -0.2) is 14.8 Å². The third-order valence-corrected chi connectivity index (χ3v) is 7.56. The molecule has 0 aliphatic carbocycles. The van der Waals surface area contributed by atoms with Crippen molar-refractivity contribution in [2.75, 3.05) is 32.0 Å². The molecule has 0 aliphatic heterocycles. The average Bonchev–Trinajstić information content (AvgIpc) is 3.44. The number of aryl methyl sites for hydroxylation is 1. The van der Waals surface area contributed by atoms with Gasteiger partial charge in [0.15, 0.2) is 11.5 Å². The lowest BCUT2D eigenvalue weighted by atomic mass is 10.0. The van der Waals surface area contributed by atoms with Crippen molar-refractivity contribution in [1.29, 1.82) is 0 Å². The minimum atomic E-state index is -0.810. The smallest absolute Gasteiger partial charge is 0.323 e. The number of thiophene rings is 1. The monoisotopic (exact) mass is 584 g/mol. The van der Waals surface area contributed by atoms with Gasteiger partial charge in [0.25, 0.3) is 0 Å². The van der Waals surface area contributed by atoms with E-state index in [4.69, 9.17) is 19.3 Å². The molecule has 2 heterocycles. The maximum absolute atomic E-state index is 12.7. The van der Waals surface area contributed by atoms with E-state index in [9.17, 15) is 9.59 Å². The number of ether oxygens (including phenoxy) is 3. The SMILES string of the molecule is COc1cc(NC(=O)Nc2ccc(-c3ncnc4c(-c5ccc(CCC(=O)O)cc5)csc34)cc2)cc(OC)c1OC.